The Morgan fingerprint density at radius 1 is 0.769 bits per heavy atom. The van der Waals surface area contributed by atoms with E-state index in [9.17, 15) is 0 Å². The fourth-order valence-corrected chi connectivity index (χ4v) is 5.15. The van der Waals surface area contributed by atoms with Gasteiger partial charge in [0.25, 0.3) is 0 Å². The van der Waals surface area contributed by atoms with Crippen molar-refractivity contribution in [1.82, 2.24) is 0 Å². The third-order valence-corrected chi connectivity index (χ3v) is 6.01. The average molecular weight is 361 g/mol. The Kier molecular flexibility index (Phi) is 6.50. The molecule has 1 atom stereocenters. The van der Waals surface area contributed by atoms with Crippen LogP contribution in [0.5, 0.6) is 0 Å². The van der Waals surface area contributed by atoms with Gasteiger partial charge in [0.05, 0.1) is 5.41 Å². The zero-order chi connectivity index (χ0) is 19.3. The van der Waals surface area contributed by atoms with E-state index in [1.807, 2.05) is 32.1 Å². The van der Waals surface area contributed by atoms with Crippen molar-refractivity contribution in [3.8, 4) is 0 Å². The van der Waals surface area contributed by atoms with Crippen LogP contribution in [0.3, 0.4) is 0 Å². The number of rotatable bonds is 6. The molecule has 0 saturated carbocycles. The first-order valence-electron chi connectivity index (χ1n) is 8.92. The number of hydrogen-bond acceptors (Lipinski definition) is 1. The third-order valence-electron chi connectivity index (χ3n) is 4.83. The summed E-state index contributed by atoms with van der Waals surface area (Å²) in [6, 6.07) is 0. The molecule has 1 unspecified atom stereocenters. The van der Waals surface area contributed by atoms with Crippen LogP contribution in [0.1, 0.15) is 27.7 Å². The van der Waals surface area contributed by atoms with E-state index in [4.69, 9.17) is 0 Å². The zero-order valence-corrected chi connectivity index (χ0v) is 17.1. The van der Waals surface area contributed by atoms with Crippen LogP contribution in [0.15, 0.2) is 118 Å². The second-order valence-corrected chi connectivity index (χ2v) is 7.30. The van der Waals surface area contributed by atoms with Crippen molar-refractivity contribution in [2.24, 2.45) is 5.41 Å². The molecule has 0 nitrogen and oxygen atoms in total. The van der Waals surface area contributed by atoms with Crippen molar-refractivity contribution in [3.05, 3.63) is 118 Å². The highest BCUT2D eigenvalue weighted by molar-refractivity contribution is 8.07. The van der Waals surface area contributed by atoms with Gasteiger partial charge in [0.1, 0.15) is 0 Å². The van der Waals surface area contributed by atoms with Crippen molar-refractivity contribution >= 4 is 11.8 Å². The van der Waals surface area contributed by atoms with Gasteiger partial charge in [0.15, 0.2) is 0 Å². The van der Waals surface area contributed by atoms with Crippen LogP contribution in [0.2, 0.25) is 0 Å². The maximum absolute atomic E-state index is 4.18. The minimum Gasteiger partial charge on any atom is -0.0987 e. The molecule has 1 aliphatic heterocycles. The largest absolute Gasteiger partial charge is 0.0987 e. The average Bonchev–Trinajstić information content (AvgIpc) is 2.90. The van der Waals surface area contributed by atoms with Crippen molar-refractivity contribution in [3.63, 3.8) is 0 Å². The molecule has 1 heterocycles. The molecule has 0 fully saturated rings. The summed E-state index contributed by atoms with van der Waals surface area (Å²) in [5, 5.41) is 0. The van der Waals surface area contributed by atoms with Gasteiger partial charge in [0, 0.05) is 9.81 Å². The summed E-state index contributed by atoms with van der Waals surface area (Å²) in [6.07, 6.45) is 21.0. The Morgan fingerprint density at radius 2 is 1.38 bits per heavy atom. The van der Waals surface area contributed by atoms with E-state index in [-0.39, 0.29) is 5.41 Å². The lowest BCUT2D eigenvalue weighted by Crippen LogP contribution is -2.30. The second kappa shape index (κ2) is 8.42. The van der Waals surface area contributed by atoms with Gasteiger partial charge < -0.3 is 0 Å². The van der Waals surface area contributed by atoms with E-state index >= 15 is 0 Å². The van der Waals surface area contributed by atoms with E-state index < -0.39 is 0 Å². The van der Waals surface area contributed by atoms with Crippen molar-refractivity contribution < 1.29 is 0 Å². The molecule has 0 aromatic heterocycles. The molecule has 1 heteroatoms. The van der Waals surface area contributed by atoms with Gasteiger partial charge in [-0.2, -0.15) is 0 Å². The summed E-state index contributed by atoms with van der Waals surface area (Å²) in [5.41, 5.74) is 5.78. The minimum atomic E-state index is -0.367. The van der Waals surface area contributed by atoms with Crippen LogP contribution in [0.25, 0.3) is 0 Å². The molecule has 0 aromatic carbocycles. The van der Waals surface area contributed by atoms with E-state index in [0.29, 0.717) is 0 Å². The van der Waals surface area contributed by atoms with Gasteiger partial charge in [-0.1, -0.05) is 97.8 Å². The highest BCUT2D eigenvalue weighted by Crippen LogP contribution is 2.61. The number of thioether (sulfide) groups is 1. The van der Waals surface area contributed by atoms with Gasteiger partial charge in [-0.3, -0.25) is 0 Å². The first kappa shape index (κ1) is 20.1. The van der Waals surface area contributed by atoms with Crippen molar-refractivity contribution in [2.45, 2.75) is 27.7 Å². The van der Waals surface area contributed by atoms with E-state index in [0.717, 1.165) is 0 Å². The molecule has 134 valence electrons. The molecule has 0 bridgehead atoms. The SMILES string of the molecule is C=CC1=C(/C=C\C)C2(C(C)=CC(/C=C\C)=C2C=C)C(C=C)=C(/C=C\C)S1. The Labute approximate surface area is 163 Å². The van der Waals surface area contributed by atoms with E-state index in [1.54, 1.807) is 11.8 Å². The van der Waals surface area contributed by atoms with Gasteiger partial charge in [-0.25, -0.2) is 0 Å². The molecule has 0 radical (unpaired) electrons. The van der Waals surface area contributed by atoms with Crippen LogP contribution in [0, 0.1) is 5.41 Å². The molecule has 2 aliphatic rings. The van der Waals surface area contributed by atoms with Crippen LogP contribution in [0.4, 0.5) is 0 Å². The van der Waals surface area contributed by atoms with Gasteiger partial charge in [-0.05, 0) is 50.0 Å². The highest BCUT2D eigenvalue weighted by Gasteiger charge is 2.48. The summed E-state index contributed by atoms with van der Waals surface area (Å²) < 4.78 is 0. The van der Waals surface area contributed by atoms with Gasteiger partial charge >= 0.3 is 0 Å². The van der Waals surface area contributed by atoms with Gasteiger partial charge in [0.2, 0.25) is 0 Å². The maximum Gasteiger partial charge on any atom is 0.0689 e. The lowest BCUT2D eigenvalue weighted by molar-refractivity contribution is 0.660. The lowest BCUT2D eigenvalue weighted by atomic mass is 9.64. The fourth-order valence-electron chi connectivity index (χ4n) is 3.95. The Hall–Kier alpha value is -2.25. The summed E-state index contributed by atoms with van der Waals surface area (Å²) in [5.74, 6) is 0. The van der Waals surface area contributed by atoms with Gasteiger partial charge in [-0.15, -0.1) is 0 Å². The lowest BCUT2D eigenvalue weighted by Gasteiger charge is -2.41. The quantitative estimate of drug-likeness (QED) is 0.466. The number of hydrogen-bond donors (Lipinski definition) is 0. The molecule has 0 aromatic rings. The number of allylic oxidation sites excluding steroid dienone is 15. The smallest absolute Gasteiger partial charge is 0.0689 e. The molecule has 0 amide bonds. The van der Waals surface area contributed by atoms with Crippen LogP contribution in [-0.4, -0.2) is 0 Å². The van der Waals surface area contributed by atoms with E-state index in [2.05, 4.69) is 76.1 Å². The normalized spacial score (nSPS) is 23.9. The first-order valence-corrected chi connectivity index (χ1v) is 9.74. The molecule has 0 N–H and O–H groups in total. The molecular formula is C25H28S. The predicted molar refractivity (Wildman–Crippen MR) is 120 cm³/mol. The maximum atomic E-state index is 4.18. The summed E-state index contributed by atoms with van der Waals surface area (Å²) >= 11 is 1.76. The molecule has 2 rings (SSSR count). The Balaban J connectivity index is 3.05. The second-order valence-electron chi connectivity index (χ2n) is 6.22. The summed E-state index contributed by atoms with van der Waals surface area (Å²) in [7, 11) is 0. The zero-order valence-electron chi connectivity index (χ0n) is 16.3. The fraction of sp³-hybridized carbons (Fsp3) is 0.200. The Morgan fingerprint density at radius 3 is 1.88 bits per heavy atom. The van der Waals surface area contributed by atoms with Crippen LogP contribution < -0.4 is 0 Å². The highest BCUT2D eigenvalue weighted by atomic mass is 32.2. The third kappa shape index (κ3) is 2.91. The monoisotopic (exact) mass is 360 g/mol. The summed E-state index contributed by atoms with van der Waals surface area (Å²) in [4.78, 5) is 2.38. The van der Waals surface area contributed by atoms with E-state index in [1.165, 1.54) is 37.7 Å². The topological polar surface area (TPSA) is 0 Å². The summed E-state index contributed by atoms with van der Waals surface area (Å²) in [6.45, 7) is 20.8. The van der Waals surface area contributed by atoms with Crippen molar-refractivity contribution in [1.29, 1.82) is 0 Å². The molecule has 0 saturated heterocycles. The molecular weight excluding hydrogens is 332 g/mol. The minimum absolute atomic E-state index is 0.367. The first-order chi connectivity index (χ1) is 12.6. The standard InChI is InChI=1S/C25H28S/c1-8-14-19-17-18(7)25(20(19)11-4)21(12-5)24(16-10-3)26-23(13-6)22(25)15-9-2/h8-17H,4-6H2,1-3,7H3/b14-8-,15-9-,16-10-. The van der Waals surface area contributed by atoms with Crippen molar-refractivity contribution in [2.75, 3.05) is 0 Å². The molecule has 1 spiro atoms. The molecule has 26 heavy (non-hydrogen) atoms. The predicted octanol–water partition coefficient (Wildman–Crippen LogP) is 7.77. The van der Waals surface area contributed by atoms with Crippen LogP contribution >= 0.6 is 11.8 Å². The Bertz CT molecular complexity index is 847. The molecule has 1 aliphatic carbocycles. The van der Waals surface area contributed by atoms with Crippen LogP contribution in [-0.2, 0) is 0 Å².